The molecule has 0 bridgehead atoms. The third kappa shape index (κ3) is 2.77. The van der Waals surface area contributed by atoms with Crippen LogP contribution in [0.3, 0.4) is 0 Å². The zero-order valence-electron chi connectivity index (χ0n) is 12.0. The fraction of sp³-hybridized carbons (Fsp3) is 0.571. The van der Waals surface area contributed by atoms with Crippen LogP contribution in [0.2, 0.25) is 0 Å². The fourth-order valence-corrected chi connectivity index (χ4v) is 3.48. The van der Waals surface area contributed by atoms with Crippen LogP contribution in [0.1, 0.15) is 29.4 Å². The van der Waals surface area contributed by atoms with Crippen molar-refractivity contribution in [2.24, 2.45) is 0 Å². The van der Waals surface area contributed by atoms with E-state index in [9.17, 15) is 0 Å². The minimum Gasteiger partial charge on any atom is -0.378 e. The number of morpholine rings is 1. The topological polar surface area (TPSA) is 43.2 Å². The summed E-state index contributed by atoms with van der Waals surface area (Å²) >= 11 is 1.73. The van der Waals surface area contributed by atoms with Crippen LogP contribution in [0.5, 0.6) is 0 Å². The fourth-order valence-electron chi connectivity index (χ4n) is 2.57. The van der Waals surface area contributed by atoms with Crippen LogP contribution in [0.4, 0.5) is 0 Å². The molecule has 0 saturated carbocycles. The molecule has 20 heavy (non-hydrogen) atoms. The largest absolute Gasteiger partial charge is 0.378 e. The van der Waals surface area contributed by atoms with Crippen molar-refractivity contribution >= 4 is 11.3 Å². The SMILES string of the molecule is CCn1nccc1CN1CCOCC1c1nc(C)cs1. The monoisotopic (exact) mass is 292 g/mol. The lowest BCUT2D eigenvalue weighted by atomic mass is 10.2. The molecule has 3 rings (SSSR count). The second-order valence-corrected chi connectivity index (χ2v) is 5.92. The number of hydrogen-bond donors (Lipinski definition) is 0. The Kier molecular flexibility index (Phi) is 4.14. The summed E-state index contributed by atoms with van der Waals surface area (Å²) in [6.07, 6.45) is 1.88. The molecular weight excluding hydrogens is 272 g/mol. The Hall–Kier alpha value is -1.24. The second kappa shape index (κ2) is 6.03. The Balaban J connectivity index is 1.79. The van der Waals surface area contributed by atoms with Gasteiger partial charge in [0.1, 0.15) is 5.01 Å². The van der Waals surface area contributed by atoms with Crippen LogP contribution in [-0.2, 0) is 17.8 Å². The first-order valence-corrected chi connectivity index (χ1v) is 7.90. The molecule has 6 heteroatoms. The van der Waals surface area contributed by atoms with Gasteiger partial charge in [-0.2, -0.15) is 5.10 Å². The van der Waals surface area contributed by atoms with Crippen molar-refractivity contribution in [1.82, 2.24) is 19.7 Å². The van der Waals surface area contributed by atoms with Gasteiger partial charge >= 0.3 is 0 Å². The molecule has 5 nitrogen and oxygen atoms in total. The molecule has 1 saturated heterocycles. The molecule has 0 amide bonds. The number of rotatable bonds is 4. The smallest absolute Gasteiger partial charge is 0.112 e. The standard InChI is InChI=1S/C14H20N4OS/c1-3-18-12(4-5-15-18)8-17-6-7-19-9-13(17)14-16-11(2)10-20-14/h4-5,10,13H,3,6-9H2,1-2H3. The first kappa shape index (κ1) is 13.7. The van der Waals surface area contributed by atoms with Gasteiger partial charge in [0.25, 0.3) is 0 Å². The first-order chi connectivity index (χ1) is 9.78. The van der Waals surface area contributed by atoms with Gasteiger partial charge in [0.2, 0.25) is 0 Å². The van der Waals surface area contributed by atoms with E-state index in [0.717, 1.165) is 43.5 Å². The van der Waals surface area contributed by atoms with Gasteiger partial charge in [0.05, 0.1) is 24.9 Å². The Morgan fingerprint density at radius 1 is 1.50 bits per heavy atom. The molecule has 2 aromatic rings. The van der Waals surface area contributed by atoms with Crippen LogP contribution < -0.4 is 0 Å². The summed E-state index contributed by atoms with van der Waals surface area (Å²) in [5.74, 6) is 0. The van der Waals surface area contributed by atoms with Gasteiger partial charge in [-0.1, -0.05) is 0 Å². The van der Waals surface area contributed by atoms with Gasteiger partial charge < -0.3 is 4.74 Å². The molecule has 1 aliphatic rings. The van der Waals surface area contributed by atoms with Gasteiger partial charge in [-0.05, 0) is 19.9 Å². The number of aromatic nitrogens is 3. The predicted molar refractivity (Wildman–Crippen MR) is 78.7 cm³/mol. The van der Waals surface area contributed by atoms with Crippen molar-refractivity contribution in [2.75, 3.05) is 19.8 Å². The van der Waals surface area contributed by atoms with Crippen molar-refractivity contribution in [3.63, 3.8) is 0 Å². The summed E-state index contributed by atoms with van der Waals surface area (Å²) < 4.78 is 7.71. The van der Waals surface area contributed by atoms with Crippen molar-refractivity contribution < 1.29 is 4.74 Å². The highest BCUT2D eigenvalue weighted by molar-refractivity contribution is 7.09. The van der Waals surface area contributed by atoms with E-state index in [2.05, 4.69) is 38.0 Å². The van der Waals surface area contributed by atoms with Gasteiger partial charge in [0.15, 0.2) is 0 Å². The summed E-state index contributed by atoms with van der Waals surface area (Å²) in [4.78, 5) is 7.08. The number of nitrogens with zero attached hydrogens (tertiary/aromatic N) is 4. The maximum Gasteiger partial charge on any atom is 0.112 e. The Morgan fingerprint density at radius 2 is 2.40 bits per heavy atom. The van der Waals surface area contributed by atoms with E-state index in [1.165, 1.54) is 5.69 Å². The zero-order chi connectivity index (χ0) is 13.9. The third-order valence-corrected chi connectivity index (χ3v) is 4.69. The minimum absolute atomic E-state index is 0.266. The number of aryl methyl sites for hydroxylation is 2. The summed E-state index contributed by atoms with van der Waals surface area (Å²) in [5.41, 5.74) is 2.35. The van der Waals surface area contributed by atoms with E-state index < -0.39 is 0 Å². The molecule has 1 atom stereocenters. The lowest BCUT2D eigenvalue weighted by Crippen LogP contribution is -2.39. The normalized spacial score (nSPS) is 20.4. The van der Waals surface area contributed by atoms with E-state index in [-0.39, 0.29) is 6.04 Å². The predicted octanol–water partition coefficient (Wildman–Crippen LogP) is 2.24. The molecule has 1 unspecified atom stereocenters. The lowest BCUT2D eigenvalue weighted by Gasteiger charge is -2.34. The summed E-state index contributed by atoms with van der Waals surface area (Å²) in [6.45, 7) is 8.44. The van der Waals surface area contributed by atoms with Crippen molar-refractivity contribution in [1.29, 1.82) is 0 Å². The lowest BCUT2D eigenvalue weighted by molar-refractivity contribution is -0.0139. The van der Waals surface area contributed by atoms with Crippen molar-refractivity contribution in [3.05, 3.63) is 34.0 Å². The van der Waals surface area contributed by atoms with Gasteiger partial charge in [-0.15, -0.1) is 11.3 Å². The van der Waals surface area contributed by atoms with E-state index >= 15 is 0 Å². The molecule has 0 aromatic carbocycles. The van der Waals surface area contributed by atoms with Crippen molar-refractivity contribution in [2.45, 2.75) is 33.0 Å². The Labute approximate surface area is 123 Å². The molecule has 108 valence electrons. The quantitative estimate of drug-likeness (QED) is 0.867. The number of thiazole rings is 1. The van der Waals surface area contributed by atoms with Gasteiger partial charge in [-0.3, -0.25) is 9.58 Å². The molecule has 0 radical (unpaired) electrons. The molecule has 0 spiro atoms. The molecule has 3 heterocycles. The zero-order valence-corrected chi connectivity index (χ0v) is 12.8. The summed E-state index contributed by atoms with van der Waals surface area (Å²) in [5, 5.41) is 7.61. The van der Waals surface area contributed by atoms with E-state index in [0.29, 0.717) is 0 Å². The average Bonchev–Trinajstić information content (AvgIpc) is 3.08. The van der Waals surface area contributed by atoms with Crippen LogP contribution in [-0.4, -0.2) is 39.4 Å². The molecule has 0 N–H and O–H groups in total. The molecule has 1 aliphatic heterocycles. The summed E-state index contributed by atoms with van der Waals surface area (Å²) in [7, 11) is 0. The highest BCUT2D eigenvalue weighted by atomic mass is 32.1. The highest BCUT2D eigenvalue weighted by Gasteiger charge is 2.27. The average molecular weight is 292 g/mol. The van der Waals surface area contributed by atoms with Crippen LogP contribution in [0.25, 0.3) is 0 Å². The highest BCUT2D eigenvalue weighted by Crippen LogP contribution is 2.28. The molecule has 0 aliphatic carbocycles. The van der Waals surface area contributed by atoms with Crippen molar-refractivity contribution in [3.8, 4) is 0 Å². The first-order valence-electron chi connectivity index (χ1n) is 7.02. The molecule has 2 aromatic heterocycles. The maximum atomic E-state index is 5.65. The van der Waals surface area contributed by atoms with Gasteiger partial charge in [-0.25, -0.2) is 4.98 Å². The van der Waals surface area contributed by atoms with Gasteiger partial charge in [0, 0.05) is 36.9 Å². The van der Waals surface area contributed by atoms with Crippen LogP contribution in [0.15, 0.2) is 17.6 Å². The van der Waals surface area contributed by atoms with E-state index in [1.54, 1.807) is 11.3 Å². The third-order valence-electron chi connectivity index (χ3n) is 3.63. The molecular formula is C14H20N4OS. The van der Waals surface area contributed by atoms with Crippen LogP contribution >= 0.6 is 11.3 Å². The Morgan fingerprint density at radius 3 is 3.15 bits per heavy atom. The minimum atomic E-state index is 0.266. The second-order valence-electron chi connectivity index (χ2n) is 5.03. The maximum absolute atomic E-state index is 5.65. The van der Waals surface area contributed by atoms with E-state index in [1.807, 2.05) is 13.1 Å². The summed E-state index contributed by atoms with van der Waals surface area (Å²) in [6, 6.07) is 2.37. The van der Waals surface area contributed by atoms with Crippen LogP contribution in [0, 0.1) is 6.92 Å². The Bertz CT molecular complexity index is 565. The van der Waals surface area contributed by atoms with E-state index in [4.69, 9.17) is 4.74 Å². The number of hydrogen-bond acceptors (Lipinski definition) is 5. The molecule has 1 fully saturated rings. The number of ether oxygens (including phenoxy) is 1.